The quantitative estimate of drug-likeness (QED) is 0.801. The summed E-state index contributed by atoms with van der Waals surface area (Å²) in [6.07, 6.45) is 3.41. The van der Waals surface area contributed by atoms with E-state index in [1.54, 1.807) is 0 Å². The van der Waals surface area contributed by atoms with Crippen LogP contribution in [0.3, 0.4) is 0 Å². The van der Waals surface area contributed by atoms with Crippen molar-refractivity contribution in [2.24, 2.45) is 0 Å². The number of piperidine rings is 1. The Morgan fingerprint density at radius 2 is 1.85 bits per heavy atom. The third-order valence-corrected chi connectivity index (χ3v) is 4.70. The molecule has 0 spiro atoms. The lowest BCUT2D eigenvalue weighted by Crippen LogP contribution is -2.48. The van der Waals surface area contributed by atoms with Gasteiger partial charge in [-0.2, -0.15) is 5.10 Å². The highest BCUT2D eigenvalue weighted by molar-refractivity contribution is 7.99. The maximum Gasteiger partial charge on any atom is 0.233 e. The molecule has 5 nitrogen and oxygen atoms in total. The molecular formula is C14H22N4OS. The van der Waals surface area contributed by atoms with Crippen molar-refractivity contribution in [2.45, 2.75) is 64.2 Å². The number of amides is 1. The number of thioether (sulfide) groups is 1. The SMILES string of the molecule is Cc1nnc(SCC(=O)N2[C@@H](C)CCC[C@@H]2C)nc1C. The molecule has 0 radical (unpaired) electrons. The van der Waals surface area contributed by atoms with Gasteiger partial charge in [-0.25, -0.2) is 4.98 Å². The van der Waals surface area contributed by atoms with Crippen LogP contribution in [-0.2, 0) is 4.79 Å². The number of hydrogen-bond acceptors (Lipinski definition) is 5. The van der Waals surface area contributed by atoms with Crippen molar-refractivity contribution in [1.29, 1.82) is 0 Å². The zero-order chi connectivity index (χ0) is 14.7. The van der Waals surface area contributed by atoms with Gasteiger partial charge < -0.3 is 4.90 Å². The first kappa shape index (κ1) is 15.2. The summed E-state index contributed by atoms with van der Waals surface area (Å²) < 4.78 is 0. The van der Waals surface area contributed by atoms with Gasteiger partial charge in [-0.15, -0.1) is 5.10 Å². The largest absolute Gasteiger partial charge is 0.337 e. The van der Waals surface area contributed by atoms with Gasteiger partial charge in [-0.1, -0.05) is 11.8 Å². The van der Waals surface area contributed by atoms with Crippen molar-refractivity contribution in [3.63, 3.8) is 0 Å². The molecule has 0 bridgehead atoms. The molecule has 1 amide bonds. The fraction of sp³-hybridized carbons (Fsp3) is 0.714. The number of nitrogens with zero attached hydrogens (tertiary/aromatic N) is 4. The number of rotatable bonds is 3. The molecule has 2 heterocycles. The Morgan fingerprint density at radius 1 is 1.20 bits per heavy atom. The normalized spacial score (nSPS) is 22.9. The molecule has 0 aromatic carbocycles. The van der Waals surface area contributed by atoms with Crippen LogP contribution in [0.5, 0.6) is 0 Å². The van der Waals surface area contributed by atoms with E-state index in [-0.39, 0.29) is 5.91 Å². The maximum absolute atomic E-state index is 12.4. The van der Waals surface area contributed by atoms with Gasteiger partial charge in [-0.3, -0.25) is 4.79 Å². The van der Waals surface area contributed by atoms with Crippen molar-refractivity contribution < 1.29 is 4.79 Å². The smallest absolute Gasteiger partial charge is 0.233 e. The van der Waals surface area contributed by atoms with E-state index in [9.17, 15) is 4.79 Å². The Hall–Kier alpha value is -1.17. The molecule has 1 aromatic rings. The molecule has 2 rings (SSSR count). The molecule has 1 aliphatic rings. The topological polar surface area (TPSA) is 59.0 Å². The second kappa shape index (κ2) is 6.52. The average Bonchev–Trinajstić information content (AvgIpc) is 2.40. The Kier molecular flexibility index (Phi) is 4.96. The number of hydrogen-bond donors (Lipinski definition) is 0. The molecule has 1 fully saturated rings. The van der Waals surface area contributed by atoms with Gasteiger partial charge in [0.05, 0.1) is 17.1 Å². The van der Waals surface area contributed by atoms with Crippen LogP contribution in [0.15, 0.2) is 5.16 Å². The summed E-state index contributed by atoms with van der Waals surface area (Å²) in [6, 6.07) is 0.677. The molecule has 2 atom stereocenters. The minimum atomic E-state index is 0.177. The summed E-state index contributed by atoms with van der Waals surface area (Å²) in [5.41, 5.74) is 1.70. The van der Waals surface area contributed by atoms with Gasteiger partial charge >= 0.3 is 0 Å². The number of aryl methyl sites for hydroxylation is 2. The highest BCUT2D eigenvalue weighted by Crippen LogP contribution is 2.24. The van der Waals surface area contributed by atoms with Gasteiger partial charge in [0.15, 0.2) is 0 Å². The Balaban J connectivity index is 1.95. The van der Waals surface area contributed by atoms with Crippen molar-refractivity contribution in [3.8, 4) is 0 Å². The Morgan fingerprint density at radius 3 is 2.45 bits per heavy atom. The lowest BCUT2D eigenvalue weighted by Gasteiger charge is -2.39. The fourth-order valence-corrected chi connectivity index (χ4v) is 3.31. The molecule has 0 unspecified atom stereocenters. The number of likely N-dealkylation sites (tertiary alicyclic amines) is 1. The second-order valence-electron chi connectivity index (χ2n) is 5.48. The van der Waals surface area contributed by atoms with Gasteiger partial charge in [-0.05, 0) is 47.0 Å². The van der Waals surface area contributed by atoms with Gasteiger partial charge in [0.25, 0.3) is 0 Å². The van der Waals surface area contributed by atoms with Crippen LogP contribution in [0.2, 0.25) is 0 Å². The lowest BCUT2D eigenvalue weighted by atomic mass is 9.98. The molecule has 20 heavy (non-hydrogen) atoms. The molecule has 0 aliphatic carbocycles. The highest BCUT2D eigenvalue weighted by Gasteiger charge is 2.28. The van der Waals surface area contributed by atoms with Crippen LogP contribution in [0.4, 0.5) is 0 Å². The number of carbonyl (C=O) groups is 1. The van der Waals surface area contributed by atoms with E-state index in [4.69, 9.17) is 0 Å². The second-order valence-corrected chi connectivity index (χ2v) is 6.43. The van der Waals surface area contributed by atoms with Crippen LogP contribution in [0.25, 0.3) is 0 Å². The number of carbonyl (C=O) groups excluding carboxylic acids is 1. The molecule has 110 valence electrons. The first-order valence-corrected chi connectivity index (χ1v) is 8.09. The van der Waals surface area contributed by atoms with Crippen LogP contribution in [0.1, 0.15) is 44.5 Å². The van der Waals surface area contributed by atoms with Crippen LogP contribution in [0, 0.1) is 13.8 Å². The summed E-state index contributed by atoms with van der Waals surface area (Å²) in [4.78, 5) is 18.7. The zero-order valence-corrected chi connectivity index (χ0v) is 13.4. The van der Waals surface area contributed by atoms with E-state index in [0.717, 1.165) is 24.2 Å². The summed E-state index contributed by atoms with van der Waals surface area (Å²) in [7, 11) is 0. The highest BCUT2D eigenvalue weighted by atomic mass is 32.2. The van der Waals surface area contributed by atoms with E-state index < -0.39 is 0 Å². The summed E-state index contributed by atoms with van der Waals surface area (Å²) in [5.74, 6) is 0.565. The average molecular weight is 294 g/mol. The molecule has 6 heteroatoms. The van der Waals surface area contributed by atoms with E-state index in [1.165, 1.54) is 18.2 Å². The Bertz CT molecular complexity index is 484. The van der Waals surface area contributed by atoms with E-state index in [0.29, 0.717) is 23.0 Å². The third kappa shape index (κ3) is 3.48. The summed E-state index contributed by atoms with van der Waals surface area (Å²) >= 11 is 1.37. The summed E-state index contributed by atoms with van der Waals surface area (Å²) in [6.45, 7) is 8.05. The molecule has 1 saturated heterocycles. The van der Waals surface area contributed by atoms with E-state index in [2.05, 4.69) is 29.0 Å². The third-order valence-electron chi connectivity index (χ3n) is 3.88. The van der Waals surface area contributed by atoms with Crippen molar-refractivity contribution in [1.82, 2.24) is 20.1 Å². The minimum absolute atomic E-state index is 0.177. The van der Waals surface area contributed by atoms with E-state index >= 15 is 0 Å². The van der Waals surface area contributed by atoms with Gasteiger partial charge in [0.2, 0.25) is 11.1 Å². The van der Waals surface area contributed by atoms with Crippen molar-refractivity contribution >= 4 is 17.7 Å². The van der Waals surface area contributed by atoms with Gasteiger partial charge in [0, 0.05) is 12.1 Å². The number of aromatic nitrogens is 3. The van der Waals surface area contributed by atoms with Crippen LogP contribution in [-0.4, -0.2) is 43.8 Å². The first-order chi connectivity index (χ1) is 9.49. The fourth-order valence-electron chi connectivity index (χ4n) is 2.61. The zero-order valence-electron chi connectivity index (χ0n) is 12.6. The lowest BCUT2D eigenvalue weighted by molar-refractivity contribution is -0.134. The Labute approximate surface area is 124 Å². The van der Waals surface area contributed by atoms with Crippen molar-refractivity contribution in [3.05, 3.63) is 11.4 Å². The molecule has 1 aliphatic heterocycles. The van der Waals surface area contributed by atoms with Crippen LogP contribution >= 0.6 is 11.8 Å². The monoisotopic (exact) mass is 294 g/mol. The maximum atomic E-state index is 12.4. The van der Waals surface area contributed by atoms with Crippen LogP contribution < -0.4 is 0 Å². The molecule has 1 aromatic heterocycles. The molecule has 0 N–H and O–H groups in total. The van der Waals surface area contributed by atoms with Gasteiger partial charge in [0.1, 0.15) is 0 Å². The first-order valence-electron chi connectivity index (χ1n) is 7.11. The molecule has 0 saturated carbocycles. The standard InChI is InChI=1S/C14H22N4OS/c1-9-6-5-7-10(2)18(9)13(19)8-20-14-15-11(3)12(4)16-17-14/h9-10H,5-8H2,1-4H3/t9-,10-/m0/s1. The predicted molar refractivity (Wildman–Crippen MR) is 79.6 cm³/mol. The molecular weight excluding hydrogens is 272 g/mol. The minimum Gasteiger partial charge on any atom is -0.337 e. The summed E-state index contributed by atoms with van der Waals surface area (Å²) in [5, 5.41) is 8.65. The predicted octanol–water partition coefficient (Wildman–Crippen LogP) is 2.37. The van der Waals surface area contributed by atoms with Crippen molar-refractivity contribution in [2.75, 3.05) is 5.75 Å². The van der Waals surface area contributed by atoms with E-state index in [1.807, 2.05) is 18.7 Å².